The molecule has 37 heavy (non-hydrogen) atoms. The van der Waals surface area contributed by atoms with Gasteiger partial charge in [-0.05, 0) is 60.5 Å². The van der Waals surface area contributed by atoms with Crippen LogP contribution >= 0.6 is 7.26 Å². The summed E-state index contributed by atoms with van der Waals surface area (Å²) in [6.07, 6.45) is 9.06. The highest BCUT2D eigenvalue weighted by atomic mass is 79.9. The minimum absolute atomic E-state index is 0. The highest BCUT2D eigenvalue weighted by Gasteiger charge is 2.45. The molecule has 0 fully saturated rings. The first-order valence-corrected chi connectivity index (χ1v) is 15.6. The van der Waals surface area contributed by atoms with Crippen LogP contribution in [0, 0.1) is 0 Å². The van der Waals surface area contributed by atoms with Gasteiger partial charge >= 0.3 is 0 Å². The summed E-state index contributed by atoms with van der Waals surface area (Å²) in [4.78, 5) is 2.41. The first-order valence-electron chi connectivity index (χ1n) is 13.6. The van der Waals surface area contributed by atoms with Gasteiger partial charge in [-0.25, -0.2) is 0 Å². The molecule has 0 atom stereocenters. The number of unbranched alkanes of at least 4 members (excludes halogenated alkanes) is 5. The van der Waals surface area contributed by atoms with Crippen LogP contribution in [0.1, 0.15) is 51.0 Å². The Morgan fingerprint density at radius 2 is 0.973 bits per heavy atom. The Morgan fingerprint density at radius 1 is 0.541 bits per heavy atom. The van der Waals surface area contributed by atoms with Gasteiger partial charge in [-0.3, -0.25) is 0 Å². The fourth-order valence-electron chi connectivity index (χ4n) is 5.16. The second kappa shape index (κ2) is 15.1. The summed E-state index contributed by atoms with van der Waals surface area (Å²) < 4.78 is 0. The number of hydrogen-bond acceptors (Lipinski definition) is 1. The Hall–Kier alpha value is -2.41. The molecule has 194 valence electrons. The largest absolute Gasteiger partial charge is 1.00 e. The van der Waals surface area contributed by atoms with E-state index in [1.54, 1.807) is 0 Å². The molecule has 0 saturated carbocycles. The van der Waals surface area contributed by atoms with Gasteiger partial charge in [0.25, 0.3) is 0 Å². The third-order valence-electron chi connectivity index (χ3n) is 7.23. The molecule has 0 radical (unpaired) electrons. The van der Waals surface area contributed by atoms with Crippen molar-refractivity contribution in [3.63, 3.8) is 0 Å². The third kappa shape index (κ3) is 7.56. The van der Waals surface area contributed by atoms with E-state index in [9.17, 15) is 0 Å². The SMILES string of the molecule is CCCCCCCCN(C)c1ccc(C[P+](c2ccccc2)(c2ccccc2)c2ccccc2)cc1.[Br-]. The number of halogens is 1. The molecule has 0 aliphatic heterocycles. The maximum atomic E-state index is 2.41. The fourth-order valence-corrected chi connectivity index (χ4v) is 9.40. The molecule has 4 aromatic carbocycles. The molecular weight excluding hydrogens is 533 g/mol. The van der Waals surface area contributed by atoms with Crippen molar-refractivity contribution in [3.8, 4) is 0 Å². The molecule has 4 aromatic rings. The minimum atomic E-state index is -1.86. The summed E-state index contributed by atoms with van der Waals surface area (Å²) in [5.74, 6) is 0. The van der Waals surface area contributed by atoms with Crippen molar-refractivity contribution in [1.29, 1.82) is 0 Å². The van der Waals surface area contributed by atoms with E-state index in [4.69, 9.17) is 0 Å². The van der Waals surface area contributed by atoms with Crippen molar-refractivity contribution in [2.45, 2.75) is 51.6 Å². The average molecular weight is 575 g/mol. The van der Waals surface area contributed by atoms with Crippen molar-refractivity contribution in [3.05, 3.63) is 121 Å². The molecule has 4 rings (SSSR count). The van der Waals surface area contributed by atoms with E-state index in [0.29, 0.717) is 0 Å². The van der Waals surface area contributed by atoms with Gasteiger partial charge in [-0.2, -0.15) is 0 Å². The van der Waals surface area contributed by atoms with E-state index >= 15 is 0 Å². The molecule has 0 unspecified atom stereocenters. The van der Waals surface area contributed by atoms with Gasteiger partial charge in [0.2, 0.25) is 0 Å². The molecule has 0 saturated heterocycles. The number of rotatable bonds is 13. The fraction of sp³-hybridized carbons (Fsp3) is 0.294. The van der Waals surface area contributed by atoms with Gasteiger partial charge < -0.3 is 21.9 Å². The van der Waals surface area contributed by atoms with Crippen molar-refractivity contribution >= 4 is 28.9 Å². The maximum Gasteiger partial charge on any atom is 0.116 e. The average Bonchev–Trinajstić information content (AvgIpc) is 2.95. The molecule has 0 heterocycles. The van der Waals surface area contributed by atoms with Gasteiger partial charge in [0.05, 0.1) is 6.16 Å². The Balaban J connectivity index is 0.00000380. The van der Waals surface area contributed by atoms with Gasteiger partial charge in [-0.1, -0.05) is 106 Å². The lowest BCUT2D eigenvalue weighted by atomic mass is 10.1. The molecule has 0 spiro atoms. The Labute approximate surface area is 236 Å². The predicted octanol–water partition coefficient (Wildman–Crippen LogP) is 4.98. The van der Waals surface area contributed by atoms with Crippen LogP contribution in [0.3, 0.4) is 0 Å². The number of benzene rings is 4. The first-order chi connectivity index (χ1) is 17.7. The second-order valence-corrected chi connectivity index (χ2v) is 13.3. The van der Waals surface area contributed by atoms with Gasteiger partial charge in [0.1, 0.15) is 23.2 Å². The van der Waals surface area contributed by atoms with E-state index in [2.05, 4.69) is 134 Å². The van der Waals surface area contributed by atoms with E-state index in [0.717, 1.165) is 12.7 Å². The maximum absolute atomic E-state index is 2.41. The quantitative estimate of drug-likeness (QED) is 0.161. The highest BCUT2D eigenvalue weighted by Crippen LogP contribution is 2.58. The monoisotopic (exact) mass is 573 g/mol. The van der Waals surface area contributed by atoms with Crippen LogP contribution in [0.15, 0.2) is 115 Å². The summed E-state index contributed by atoms with van der Waals surface area (Å²) in [6, 6.07) is 42.9. The van der Waals surface area contributed by atoms with Crippen LogP contribution in [0.5, 0.6) is 0 Å². The third-order valence-corrected chi connectivity index (χ3v) is 11.6. The first kappa shape index (κ1) is 29.2. The predicted molar refractivity (Wildman–Crippen MR) is 162 cm³/mol. The highest BCUT2D eigenvalue weighted by molar-refractivity contribution is 7.95. The summed E-state index contributed by atoms with van der Waals surface area (Å²) in [5, 5.41) is 4.31. The number of anilines is 1. The molecule has 3 heteroatoms. The standard InChI is InChI=1S/C34H41NP.BrH/c1-3-4-5-6-7-17-28-35(2)31-26-24-30(25-27-31)29-36(32-18-11-8-12-19-32,33-20-13-9-14-21-33)34-22-15-10-16-23-34;/h8-16,18-27H,3-7,17,28-29H2,1-2H3;1H/q+1;/p-1. The lowest BCUT2D eigenvalue weighted by Crippen LogP contribution is -3.00. The zero-order valence-corrected chi connectivity index (χ0v) is 24.9. The van der Waals surface area contributed by atoms with Crippen LogP contribution in [-0.2, 0) is 6.16 Å². The zero-order chi connectivity index (χ0) is 25.1. The number of nitrogens with zero attached hydrogens (tertiary/aromatic N) is 1. The molecule has 0 aliphatic carbocycles. The lowest BCUT2D eigenvalue weighted by molar-refractivity contribution is -0.00000726. The lowest BCUT2D eigenvalue weighted by Gasteiger charge is -2.28. The van der Waals surface area contributed by atoms with Crippen LogP contribution in [0.2, 0.25) is 0 Å². The van der Waals surface area contributed by atoms with Gasteiger partial charge in [0, 0.05) is 19.3 Å². The topological polar surface area (TPSA) is 3.24 Å². The molecule has 0 N–H and O–H groups in total. The minimum Gasteiger partial charge on any atom is -1.00 e. The van der Waals surface area contributed by atoms with Gasteiger partial charge in [-0.15, -0.1) is 0 Å². The van der Waals surface area contributed by atoms with E-state index in [1.165, 1.54) is 65.7 Å². The summed E-state index contributed by atoms with van der Waals surface area (Å²) in [6.45, 7) is 3.41. The van der Waals surface area contributed by atoms with Crippen molar-refractivity contribution in [1.82, 2.24) is 0 Å². The van der Waals surface area contributed by atoms with Crippen molar-refractivity contribution in [2.75, 3.05) is 18.5 Å². The molecule has 0 bridgehead atoms. The van der Waals surface area contributed by atoms with Crippen LogP contribution < -0.4 is 37.8 Å². The summed E-state index contributed by atoms with van der Waals surface area (Å²) in [7, 11) is 0.374. The molecule has 0 aliphatic rings. The van der Waals surface area contributed by atoms with E-state index in [1.807, 2.05) is 0 Å². The van der Waals surface area contributed by atoms with E-state index < -0.39 is 7.26 Å². The Bertz CT molecular complexity index is 1050. The van der Waals surface area contributed by atoms with Crippen molar-refractivity contribution in [2.24, 2.45) is 0 Å². The summed E-state index contributed by atoms with van der Waals surface area (Å²) >= 11 is 0. The Morgan fingerprint density at radius 3 is 1.43 bits per heavy atom. The van der Waals surface area contributed by atoms with Crippen LogP contribution in [-0.4, -0.2) is 13.6 Å². The number of hydrogen-bond donors (Lipinski definition) is 0. The smallest absolute Gasteiger partial charge is 0.116 e. The molecular formula is C34H41BrNP. The Kier molecular flexibility index (Phi) is 11.9. The van der Waals surface area contributed by atoms with E-state index in [-0.39, 0.29) is 17.0 Å². The van der Waals surface area contributed by atoms with Crippen LogP contribution in [0.25, 0.3) is 0 Å². The molecule has 0 aromatic heterocycles. The second-order valence-electron chi connectivity index (χ2n) is 9.83. The molecule has 0 amide bonds. The van der Waals surface area contributed by atoms with Crippen LogP contribution in [0.4, 0.5) is 5.69 Å². The van der Waals surface area contributed by atoms with Crippen molar-refractivity contribution < 1.29 is 17.0 Å². The summed E-state index contributed by atoms with van der Waals surface area (Å²) in [5.41, 5.74) is 2.71. The van der Waals surface area contributed by atoms with Gasteiger partial charge in [0.15, 0.2) is 0 Å². The zero-order valence-electron chi connectivity index (χ0n) is 22.4. The normalized spacial score (nSPS) is 11.1. The molecule has 1 nitrogen and oxygen atoms in total.